The number of carboxylic acids is 1. The fourth-order valence-electron chi connectivity index (χ4n) is 1.25. The van der Waals surface area contributed by atoms with Crippen molar-refractivity contribution in [2.45, 2.75) is 18.4 Å². The van der Waals surface area contributed by atoms with Crippen LogP contribution in [0, 0.1) is 11.6 Å². The van der Waals surface area contributed by atoms with Gasteiger partial charge >= 0.3 is 5.97 Å². The summed E-state index contributed by atoms with van der Waals surface area (Å²) in [5.41, 5.74) is -1.35. The van der Waals surface area contributed by atoms with E-state index in [1.807, 2.05) is 0 Å². The van der Waals surface area contributed by atoms with Gasteiger partial charge in [0, 0.05) is 12.8 Å². The van der Waals surface area contributed by atoms with Crippen molar-refractivity contribution in [1.29, 1.82) is 0 Å². The zero-order chi connectivity index (χ0) is 11.1. The molecule has 1 aromatic carbocycles. The molecular formula is C10H8F2O3. The minimum absolute atomic E-state index is 0.318. The average Bonchev–Trinajstić information content (AvgIpc) is 2.94. The van der Waals surface area contributed by atoms with Gasteiger partial charge in [-0.25, -0.2) is 9.18 Å². The van der Waals surface area contributed by atoms with Crippen LogP contribution < -0.4 is 4.74 Å². The minimum atomic E-state index is -1.35. The molecule has 3 nitrogen and oxygen atoms in total. The normalized spacial score (nSPS) is 17.2. The number of carbonyl (C=O) groups is 1. The topological polar surface area (TPSA) is 46.5 Å². The molecule has 0 heterocycles. The Labute approximate surface area is 84.3 Å². The summed E-state index contributed by atoms with van der Waals surface area (Å²) < 4.78 is 30.9. The highest BCUT2D eigenvalue weighted by molar-refractivity contribution is 5.81. The number of carboxylic acid groups (broad SMARTS) is 1. The van der Waals surface area contributed by atoms with E-state index in [1.54, 1.807) is 0 Å². The summed E-state index contributed by atoms with van der Waals surface area (Å²) in [4.78, 5) is 10.7. The first kappa shape index (κ1) is 9.89. The quantitative estimate of drug-likeness (QED) is 0.836. The summed E-state index contributed by atoms with van der Waals surface area (Å²) in [6, 6.07) is 3.43. The van der Waals surface area contributed by atoms with E-state index < -0.39 is 23.2 Å². The van der Waals surface area contributed by atoms with Crippen LogP contribution in [0.2, 0.25) is 0 Å². The number of ether oxygens (including phenoxy) is 1. The third-order valence-corrected chi connectivity index (χ3v) is 2.32. The van der Waals surface area contributed by atoms with Crippen molar-refractivity contribution >= 4 is 5.97 Å². The van der Waals surface area contributed by atoms with Crippen molar-refractivity contribution in [3.8, 4) is 5.75 Å². The molecule has 0 aromatic heterocycles. The smallest absolute Gasteiger partial charge is 0.348 e. The van der Waals surface area contributed by atoms with Gasteiger partial charge in [-0.15, -0.1) is 0 Å². The molecule has 0 saturated heterocycles. The van der Waals surface area contributed by atoms with Gasteiger partial charge in [-0.1, -0.05) is 6.07 Å². The van der Waals surface area contributed by atoms with E-state index in [0.717, 1.165) is 6.07 Å². The number of hydrogen-bond acceptors (Lipinski definition) is 2. The maximum absolute atomic E-state index is 13.1. The predicted octanol–water partition coefficient (Wildman–Crippen LogP) is 1.96. The Morgan fingerprint density at radius 2 is 2.07 bits per heavy atom. The van der Waals surface area contributed by atoms with E-state index in [0.29, 0.717) is 12.8 Å². The van der Waals surface area contributed by atoms with Crippen LogP contribution in [-0.4, -0.2) is 16.7 Å². The Morgan fingerprint density at radius 1 is 1.40 bits per heavy atom. The van der Waals surface area contributed by atoms with E-state index in [4.69, 9.17) is 9.84 Å². The third-order valence-electron chi connectivity index (χ3n) is 2.32. The van der Waals surface area contributed by atoms with Crippen LogP contribution in [0.4, 0.5) is 8.78 Å². The van der Waals surface area contributed by atoms with E-state index >= 15 is 0 Å². The van der Waals surface area contributed by atoms with Crippen molar-refractivity contribution in [3.05, 3.63) is 29.8 Å². The van der Waals surface area contributed by atoms with E-state index in [2.05, 4.69) is 0 Å². The number of hydrogen-bond donors (Lipinski definition) is 1. The molecule has 1 aliphatic carbocycles. The van der Waals surface area contributed by atoms with Gasteiger partial charge in [-0.05, 0) is 12.1 Å². The van der Waals surface area contributed by atoms with E-state index in [-0.39, 0.29) is 5.75 Å². The van der Waals surface area contributed by atoms with Gasteiger partial charge in [0.1, 0.15) is 0 Å². The van der Waals surface area contributed by atoms with Crippen molar-refractivity contribution in [1.82, 2.24) is 0 Å². The van der Waals surface area contributed by atoms with Crippen molar-refractivity contribution < 1.29 is 23.4 Å². The predicted molar refractivity (Wildman–Crippen MR) is 46.6 cm³/mol. The van der Waals surface area contributed by atoms with Crippen LogP contribution in [0.3, 0.4) is 0 Å². The molecule has 0 spiro atoms. The first-order valence-electron chi connectivity index (χ1n) is 4.42. The van der Waals surface area contributed by atoms with Gasteiger partial charge in [-0.3, -0.25) is 0 Å². The Bertz CT molecular complexity index is 413. The van der Waals surface area contributed by atoms with Gasteiger partial charge < -0.3 is 9.84 Å². The van der Waals surface area contributed by atoms with Gasteiger partial charge in [0.2, 0.25) is 11.4 Å². The summed E-state index contributed by atoms with van der Waals surface area (Å²) >= 11 is 0. The highest BCUT2D eigenvalue weighted by Gasteiger charge is 2.53. The molecule has 1 aromatic rings. The molecule has 1 fully saturated rings. The summed E-state index contributed by atoms with van der Waals surface area (Å²) in [7, 11) is 0. The fourth-order valence-corrected chi connectivity index (χ4v) is 1.25. The zero-order valence-corrected chi connectivity index (χ0v) is 7.67. The van der Waals surface area contributed by atoms with Crippen LogP contribution in [0.5, 0.6) is 5.75 Å². The van der Waals surface area contributed by atoms with Gasteiger partial charge in [0.15, 0.2) is 11.6 Å². The summed E-state index contributed by atoms with van der Waals surface area (Å²) in [6.07, 6.45) is 0.635. The van der Waals surface area contributed by atoms with Crippen LogP contribution in [0.15, 0.2) is 18.2 Å². The van der Waals surface area contributed by atoms with Gasteiger partial charge in [-0.2, -0.15) is 4.39 Å². The Morgan fingerprint density at radius 3 is 2.60 bits per heavy atom. The highest BCUT2D eigenvalue weighted by Crippen LogP contribution is 2.41. The maximum Gasteiger partial charge on any atom is 0.348 e. The van der Waals surface area contributed by atoms with Crippen molar-refractivity contribution in [2.24, 2.45) is 0 Å². The lowest BCUT2D eigenvalue weighted by Crippen LogP contribution is -2.29. The van der Waals surface area contributed by atoms with Crippen LogP contribution in [0.1, 0.15) is 12.8 Å². The van der Waals surface area contributed by atoms with Gasteiger partial charge in [0.25, 0.3) is 0 Å². The second kappa shape index (κ2) is 3.18. The summed E-state index contributed by atoms with van der Waals surface area (Å²) in [5.74, 6) is -3.69. The molecule has 80 valence electrons. The summed E-state index contributed by atoms with van der Waals surface area (Å²) in [6.45, 7) is 0. The second-order valence-corrected chi connectivity index (χ2v) is 3.45. The molecular weight excluding hydrogens is 206 g/mol. The first-order valence-corrected chi connectivity index (χ1v) is 4.42. The molecule has 1 N–H and O–H groups in total. The molecule has 0 bridgehead atoms. The van der Waals surface area contributed by atoms with E-state index in [9.17, 15) is 13.6 Å². The molecule has 0 radical (unpaired) electrons. The molecule has 15 heavy (non-hydrogen) atoms. The lowest BCUT2D eigenvalue weighted by Gasteiger charge is -2.13. The molecule has 2 rings (SSSR count). The first-order chi connectivity index (χ1) is 7.05. The monoisotopic (exact) mass is 214 g/mol. The SMILES string of the molecule is O=C(O)C1(Oc2cccc(F)c2F)CC1. The molecule has 0 amide bonds. The molecule has 1 aliphatic rings. The van der Waals surface area contributed by atoms with Crippen molar-refractivity contribution in [3.63, 3.8) is 0 Å². The standard InChI is InChI=1S/C10H8F2O3/c11-6-2-1-3-7(8(6)12)15-10(4-5-10)9(13)14/h1-3H,4-5H2,(H,13,14). The lowest BCUT2D eigenvalue weighted by atomic mass is 10.3. The minimum Gasteiger partial charge on any atom is -0.478 e. The Hall–Kier alpha value is -1.65. The van der Waals surface area contributed by atoms with Crippen LogP contribution in [-0.2, 0) is 4.79 Å². The number of benzene rings is 1. The fraction of sp³-hybridized carbons (Fsp3) is 0.300. The number of aliphatic carboxylic acids is 1. The number of halogens is 2. The number of rotatable bonds is 3. The third kappa shape index (κ3) is 1.65. The zero-order valence-electron chi connectivity index (χ0n) is 7.67. The Balaban J connectivity index is 2.25. The van der Waals surface area contributed by atoms with Gasteiger partial charge in [0.05, 0.1) is 0 Å². The molecule has 5 heteroatoms. The summed E-state index contributed by atoms with van der Waals surface area (Å²) in [5, 5.41) is 8.78. The average molecular weight is 214 g/mol. The van der Waals surface area contributed by atoms with E-state index in [1.165, 1.54) is 12.1 Å². The van der Waals surface area contributed by atoms with Crippen LogP contribution >= 0.6 is 0 Å². The van der Waals surface area contributed by atoms with Crippen LogP contribution in [0.25, 0.3) is 0 Å². The maximum atomic E-state index is 13.1. The van der Waals surface area contributed by atoms with Crippen molar-refractivity contribution in [2.75, 3.05) is 0 Å². The molecule has 0 aliphatic heterocycles. The molecule has 0 atom stereocenters. The lowest BCUT2D eigenvalue weighted by molar-refractivity contribution is -0.147. The highest BCUT2D eigenvalue weighted by atomic mass is 19.2. The largest absolute Gasteiger partial charge is 0.478 e. The molecule has 0 unspecified atom stereocenters. The second-order valence-electron chi connectivity index (χ2n) is 3.45. The Kier molecular flexibility index (Phi) is 2.10. The molecule has 1 saturated carbocycles.